The second-order valence-corrected chi connectivity index (χ2v) is 23.2. The average Bonchev–Trinajstić information content (AvgIpc) is 3.14. The first-order chi connectivity index (χ1) is 27.9. The molecule has 13 nitrogen and oxygen atoms in total. The van der Waals surface area contributed by atoms with Crippen LogP contribution in [-0.2, 0) is 58.8 Å². The molecule has 0 spiro atoms. The van der Waals surface area contributed by atoms with E-state index in [1.165, 1.54) is 64.0 Å². The Balaban J connectivity index is 6.08. The first kappa shape index (κ1) is 60.2. The number of alkyl halides is 13. The molecule has 29 heteroatoms. The summed E-state index contributed by atoms with van der Waals surface area (Å²) in [6.45, 7) is -8.88. The lowest BCUT2D eigenvalue weighted by Crippen LogP contribution is -2.44. The van der Waals surface area contributed by atoms with Crippen LogP contribution in [0.4, 0.5) is 57.1 Å². The predicted molar refractivity (Wildman–Crippen MR) is 193 cm³/mol. The van der Waals surface area contributed by atoms with Crippen LogP contribution in [-0.4, -0.2) is 153 Å². The molecule has 0 atom stereocenters. The van der Waals surface area contributed by atoms with Gasteiger partial charge >= 0.3 is 51.1 Å². The van der Waals surface area contributed by atoms with Crippen molar-refractivity contribution in [2.24, 2.45) is 5.41 Å². The second kappa shape index (κ2) is 25.8. The van der Waals surface area contributed by atoms with E-state index in [0.717, 1.165) is 0 Å². The maximum atomic E-state index is 15.5. The summed E-state index contributed by atoms with van der Waals surface area (Å²) >= 11 is 0. The highest BCUT2D eigenvalue weighted by molar-refractivity contribution is 6.61. The van der Waals surface area contributed by atoms with E-state index in [1.54, 1.807) is 0 Å². The molecule has 0 rings (SSSR count). The van der Waals surface area contributed by atoms with E-state index in [9.17, 15) is 48.3 Å². The molecule has 0 aromatic heterocycles. The van der Waals surface area contributed by atoms with E-state index in [0.29, 0.717) is 19.3 Å². The van der Waals surface area contributed by atoms with Crippen molar-refractivity contribution in [3.05, 3.63) is 0 Å². The highest BCUT2D eigenvalue weighted by Gasteiger charge is 2.52. The second-order valence-electron chi connectivity index (χ2n) is 13.9. The van der Waals surface area contributed by atoms with Gasteiger partial charge in [0.25, 0.3) is 11.8 Å². The van der Waals surface area contributed by atoms with Crippen LogP contribution >= 0.6 is 0 Å². The lowest BCUT2D eigenvalue weighted by atomic mass is 9.72. The Hall–Kier alpha value is -0.779. The number of hydrogen-bond acceptors (Lipinski definition) is 13. The Morgan fingerprint density at radius 2 is 0.656 bits per heavy atom. The number of ether oxygens (including phenoxy) is 4. The quantitative estimate of drug-likeness (QED) is 0.0437. The molecule has 0 bridgehead atoms. The maximum Gasteiger partial charge on any atom is 0.527 e. The van der Waals surface area contributed by atoms with Crippen LogP contribution in [0.15, 0.2) is 0 Å². The normalized spacial score (nSPS) is 14.7. The van der Waals surface area contributed by atoms with Crippen LogP contribution in [0.25, 0.3) is 0 Å². The number of halogens is 13. The molecule has 0 aliphatic rings. The Morgan fingerprint density at radius 1 is 0.344 bits per heavy atom. The molecule has 0 aliphatic heterocycles. The topological polar surface area (TPSA) is 120 Å². The summed E-state index contributed by atoms with van der Waals surface area (Å²) in [4.78, 5) is 0. The van der Waals surface area contributed by atoms with Crippen molar-refractivity contribution < 1.29 is 116 Å². The fourth-order valence-electron chi connectivity index (χ4n) is 6.45. The third kappa shape index (κ3) is 23.3. The molecule has 0 unspecified atom stereocenters. The molecule has 0 aromatic rings. The molecule has 0 fully saturated rings. The van der Waals surface area contributed by atoms with Gasteiger partial charge < -0.3 is 49.3 Å². The lowest BCUT2D eigenvalue weighted by Gasteiger charge is -2.38. The summed E-state index contributed by atoms with van der Waals surface area (Å²) in [6.07, 6.45) is -24.0. The zero-order chi connectivity index (χ0) is 47.5. The van der Waals surface area contributed by atoms with Gasteiger partial charge in [-0.15, -0.1) is 13.2 Å². The van der Waals surface area contributed by atoms with Gasteiger partial charge in [0.2, 0.25) is 0 Å². The van der Waals surface area contributed by atoms with Crippen molar-refractivity contribution in [1.82, 2.24) is 0 Å². The van der Waals surface area contributed by atoms with E-state index < -0.39 is 108 Å². The summed E-state index contributed by atoms with van der Waals surface area (Å²) in [7, 11) is 3.19. The number of hydrogen-bond donors (Lipinski definition) is 0. The van der Waals surface area contributed by atoms with Crippen molar-refractivity contribution in [2.45, 2.75) is 112 Å². The third-order valence-electron chi connectivity index (χ3n) is 9.59. The molecule has 0 saturated carbocycles. The minimum absolute atomic E-state index is 0.246. The van der Waals surface area contributed by atoms with Gasteiger partial charge in [-0.1, -0.05) is 0 Å². The fourth-order valence-corrected chi connectivity index (χ4v) is 11.6. The molecule has 0 N–H and O–H groups in total. The maximum absolute atomic E-state index is 15.5. The first-order valence-corrected chi connectivity index (χ1v) is 24.2. The summed E-state index contributed by atoms with van der Waals surface area (Å²) in [6, 6.07) is 0.843. The van der Waals surface area contributed by atoms with Gasteiger partial charge in [0, 0.05) is 88.5 Å². The Morgan fingerprint density at radius 3 is 0.967 bits per heavy atom. The Kier molecular flexibility index (Phi) is 25.5. The molecule has 0 aliphatic carbocycles. The Bertz CT molecular complexity index is 1110. The van der Waals surface area contributed by atoms with Crippen LogP contribution in [0.5, 0.6) is 0 Å². The van der Waals surface area contributed by atoms with Gasteiger partial charge in [0.1, 0.15) is 32.8 Å². The molecule has 0 heterocycles. The zero-order valence-corrected chi connectivity index (χ0v) is 38.5. The zero-order valence-electron chi connectivity index (χ0n) is 35.5. The molecule has 61 heavy (non-hydrogen) atoms. The Labute approximate surface area is 350 Å². The summed E-state index contributed by atoms with van der Waals surface area (Å²) in [5, 5.41) is 0. The summed E-state index contributed by atoms with van der Waals surface area (Å²) in [5.41, 5.74) is -0.922. The van der Waals surface area contributed by atoms with Crippen molar-refractivity contribution in [3.8, 4) is 0 Å². The van der Waals surface area contributed by atoms with Crippen LogP contribution in [0.3, 0.4) is 0 Å². The summed E-state index contributed by atoms with van der Waals surface area (Å²) < 4.78 is 241. The van der Waals surface area contributed by atoms with Crippen molar-refractivity contribution >= 4 is 26.4 Å². The van der Waals surface area contributed by atoms with Crippen LogP contribution in [0.1, 0.15) is 57.8 Å². The number of rotatable bonds is 37. The molecule has 0 saturated heterocycles. The fraction of sp³-hybridized carbons (Fsp3) is 1.00. The van der Waals surface area contributed by atoms with E-state index in [-0.39, 0.29) is 43.8 Å². The molecular formula is C32H59F13O13Si3. The van der Waals surface area contributed by atoms with Gasteiger partial charge in [-0.3, -0.25) is 4.74 Å². The van der Waals surface area contributed by atoms with Crippen molar-refractivity contribution in [3.63, 3.8) is 0 Å². The van der Waals surface area contributed by atoms with E-state index in [2.05, 4.69) is 18.9 Å². The minimum atomic E-state index is -5.92. The van der Waals surface area contributed by atoms with Gasteiger partial charge in [0.15, 0.2) is 0 Å². The van der Waals surface area contributed by atoms with Crippen molar-refractivity contribution in [1.29, 1.82) is 0 Å². The van der Waals surface area contributed by atoms with E-state index in [1.807, 2.05) is 0 Å². The van der Waals surface area contributed by atoms with E-state index in [4.69, 9.17) is 39.8 Å². The van der Waals surface area contributed by atoms with Gasteiger partial charge in [-0.05, 0) is 50.4 Å². The minimum Gasteiger partial charge on any atom is -0.377 e. The smallest absolute Gasteiger partial charge is 0.377 e. The van der Waals surface area contributed by atoms with Gasteiger partial charge in [-0.2, -0.15) is 26.3 Å². The van der Waals surface area contributed by atoms with Gasteiger partial charge in [0.05, 0.1) is 0 Å². The molecule has 0 amide bonds. The SMILES string of the molecule is CO[Si](CCCC(CCC[Si](OC)(OC)OC)(CCC[Si](OC)(OC)OC)CCC(F)(F)COCC(F)(F)OC(F)(F)CC(F)(F)COCC(F)(F)OC(F)(F)F)(OC)OC. The van der Waals surface area contributed by atoms with Crippen LogP contribution in [0.2, 0.25) is 18.1 Å². The average molecular weight is 983 g/mol. The largest absolute Gasteiger partial charge is 0.527 e. The monoisotopic (exact) mass is 982 g/mol. The lowest BCUT2D eigenvalue weighted by molar-refractivity contribution is -0.432. The standard InChI is InChI=1S/C32H59F13O13Si3/c1-46-59(47-2,48-3)18-10-13-26(14-11-19-60(49-4,50-5)51-6,15-12-20-61(52-7,53-8)54-9)16-17-27(33,34)22-55-24-30(39,40)57-29(37,38)21-28(35,36)23-56-25-31(41,42)58-32(43,44)45/h10-25H2,1-9H3. The van der Waals surface area contributed by atoms with Crippen LogP contribution in [0, 0.1) is 5.41 Å². The molecule has 0 aromatic carbocycles. The van der Waals surface area contributed by atoms with Crippen molar-refractivity contribution in [2.75, 3.05) is 90.4 Å². The predicted octanol–water partition coefficient (Wildman–Crippen LogP) is 8.75. The summed E-state index contributed by atoms with van der Waals surface area (Å²) in [5.74, 6) is -8.79. The molecular weight excluding hydrogens is 924 g/mol. The highest BCUT2D eigenvalue weighted by Crippen LogP contribution is 2.45. The highest BCUT2D eigenvalue weighted by atomic mass is 28.4. The third-order valence-corrected chi connectivity index (χ3v) is 18.1. The van der Waals surface area contributed by atoms with E-state index >= 15 is 8.78 Å². The molecule has 0 radical (unpaired) electrons. The first-order valence-electron chi connectivity index (χ1n) is 18.4. The van der Waals surface area contributed by atoms with Crippen LogP contribution < -0.4 is 0 Å². The van der Waals surface area contributed by atoms with Gasteiger partial charge in [-0.25, -0.2) is 22.3 Å². The molecule has 368 valence electrons.